The van der Waals surface area contributed by atoms with E-state index in [-0.39, 0.29) is 0 Å². The highest BCUT2D eigenvalue weighted by Crippen LogP contribution is 2.00. The van der Waals surface area contributed by atoms with E-state index in [1.807, 2.05) is 51.0 Å². The van der Waals surface area contributed by atoms with Crippen LogP contribution < -0.4 is 0 Å². The van der Waals surface area contributed by atoms with Crippen molar-refractivity contribution in [2.45, 2.75) is 18.7 Å². The quantitative estimate of drug-likeness (QED) is 0.592. The van der Waals surface area contributed by atoms with Crippen LogP contribution in [0.5, 0.6) is 0 Å². The lowest BCUT2D eigenvalue weighted by Crippen LogP contribution is -1.56. The fourth-order valence-corrected chi connectivity index (χ4v) is 0.600. The first-order valence-corrected chi connectivity index (χ1v) is 3.87. The van der Waals surface area contributed by atoms with E-state index in [0.29, 0.717) is 0 Å². The fourth-order valence-electron chi connectivity index (χ4n) is 0.428. The molecule has 0 radical (unpaired) electrons. The van der Waals surface area contributed by atoms with Gasteiger partial charge >= 0.3 is 0 Å². The zero-order chi connectivity index (χ0) is 9.11. The summed E-state index contributed by atoms with van der Waals surface area (Å²) in [6.45, 7) is 6.00. The lowest BCUT2D eigenvalue weighted by Gasteiger charge is -1.81. The summed E-state index contributed by atoms with van der Waals surface area (Å²) in [6.07, 6.45) is 0. The molecule has 0 aliphatic carbocycles. The normalized spacial score (nSPS) is 6.45. The molecule has 1 aromatic carbocycles. The number of thiol groups is 1. The monoisotopic (exact) mass is 170 g/mol. The van der Waals surface area contributed by atoms with Crippen molar-refractivity contribution < 1.29 is 4.79 Å². The number of carbonyl (C=O) groups excluding carboxylic acids is 1. The Kier molecular flexibility index (Phi) is 14.0. The molecule has 11 heavy (non-hydrogen) atoms. The summed E-state index contributed by atoms with van der Waals surface area (Å²) in [6, 6.07) is 9.79. The summed E-state index contributed by atoms with van der Waals surface area (Å²) in [5.74, 6) is 0. The maximum Gasteiger partial charge on any atom is 0.106 e. The first-order valence-electron chi connectivity index (χ1n) is 3.42. The summed E-state index contributed by atoms with van der Waals surface area (Å²) in [5.41, 5.74) is 0. The second-order valence-corrected chi connectivity index (χ2v) is 1.85. The molecule has 0 fully saturated rings. The van der Waals surface area contributed by atoms with E-state index >= 15 is 0 Å². The summed E-state index contributed by atoms with van der Waals surface area (Å²) >= 11 is 4.08. The second kappa shape index (κ2) is 12.0. The molecule has 0 aliphatic heterocycles. The first-order chi connectivity index (χ1) is 5.39. The van der Waals surface area contributed by atoms with Crippen LogP contribution in [0, 0.1) is 0 Å². The molecular formula is C9H14OS. The van der Waals surface area contributed by atoms with Gasteiger partial charge in [-0.1, -0.05) is 32.0 Å². The van der Waals surface area contributed by atoms with Crippen molar-refractivity contribution in [1.82, 2.24) is 0 Å². The van der Waals surface area contributed by atoms with Crippen LogP contribution in [0.2, 0.25) is 0 Å². The zero-order valence-electron chi connectivity index (χ0n) is 6.95. The van der Waals surface area contributed by atoms with Crippen molar-refractivity contribution in [2.24, 2.45) is 0 Å². The first kappa shape index (κ1) is 12.9. The van der Waals surface area contributed by atoms with Crippen molar-refractivity contribution in [1.29, 1.82) is 0 Å². The van der Waals surface area contributed by atoms with E-state index in [1.54, 1.807) is 0 Å². The third-order valence-corrected chi connectivity index (χ3v) is 1.05. The van der Waals surface area contributed by atoms with Crippen molar-refractivity contribution >= 4 is 19.4 Å². The number of hydrogen-bond acceptors (Lipinski definition) is 2. The van der Waals surface area contributed by atoms with Crippen LogP contribution in [-0.4, -0.2) is 6.79 Å². The summed E-state index contributed by atoms with van der Waals surface area (Å²) in [4.78, 5) is 9.02. The minimum absolute atomic E-state index is 1.02. The molecule has 0 unspecified atom stereocenters. The van der Waals surface area contributed by atoms with Crippen LogP contribution in [0.1, 0.15) is 13.8 Å². The molecule has 0 saturated carbocycles. The molecule has 2 heteroatoms. The lowest BCUT2D eigenvalue weighted by molar-refractivity contribution is -0.0979. The number of hydrogen-bond donors (Lipinski definition) is 1. The minimum Gasteiger partial charge on any atom is -0.307 e. The van der Waals surface area contributed by atoms with Gasteiger partial charge < -0.3 is 4.79 Å². The van der Waals surface area contributed by atoms with Crippen molar-refractivity contribution in [2.75, 3.05) is 0 Å². The van der Waals surface area contributed by atoms with Crippen LogP contribution in [0.25, 0.3) is 0 Å². The highest BCUT2D eigenvalue weighted by molar-refractivity contribution is 7.80. The Morgan fingerprint density at radius 2 is 1.45 bits per heavy atom. The fraction of sp³-hybridized carbons (Fsp3) is 0.222. The van der Waals surface area contributed by atoms with Gasteiger partial charge in [0.15, 0.2) is 0 Å². The van der Waals surface area contributed by atoms with E-state index in [2.05, 4.69) is 12.6 Å². The van der Waals surface area contributed by atoms with Crippen molar-refractivity contribution in [3.63, 3.8) is 0 Å². The molecule has 0 aliphatic rings. The molecule has 0 atom stereocenters. The van der Waals surface area contributed by atoms with E-state index in [9.17, 15) is 0 Å². The molecule has 0 bridgehead atoms. The Hall–Kier alpha value is -0.760. The van der Waals surface area contributed by atoms with Gasteiger partial charge in [0, 0.05) is 4.90 Å². The van der Waals surface area contributed by atoms with Crippen LogP contribution >= 0.6 is 12.6 Å². The third kappa shape index (κ3) is 9.24. The van der Waals surface area contributed by atoms with Crippen LogP contribution in [-0.2, 0) is 4.79 Å². The molecule has 1 rings (SSSR count). The van der Waals surface area contributed by atoms with Gasteiger partial charge in [0.1, 0.15) is 6.79 Å². The topological polar surface area (TPSA) is 17.1 Å². The number of rotatable bonds is 0. The lowest BCUT2D eigenvalue weighted by atomic mass is 10.4. The highest BCUT2D eigenvalue weighted by atomic mass is 32.1. The summed E-state index contributed by atoms with van der Waals surface area (Å²) in [5, 5.41) is 0. The third-order valence-electron chi connectivity index (χ3n) is 0.756. The molecule has 1 nitrogen and oxygen atoms in total. The maximum absolute atomic E-state index is 8.00. The predicted octanol–water partition coefficient (Wildman–Crippen LogP) is 2.82. The largest absolute Gasteiger partial charge is 0.307 e. The molecular weight excluding hydrogens is 156 g/mol. The number of benzene rings is 1. The van der Waals surface area contributed by atoms with Gasteiger partial charge in [-0.05, 0) is 12.1 Å². The standard InChI is InChI=1S/C6H6S.C2H6.CH2O/c7-6-4-2-1-3-5-6;2*1-2/h1-5,7H;1-2H3;1H2. The minimum atomic E-state index is 1.02. The molecule has 0 amide bonds. The van der Waals surface area contributed by atoms with Gasteiger partial charge in [0.2, 0.25) is 0 Å². The Morgan fingerprint density at radius 3 is 1.64 bits per heavy atom. The Labute approximate surface area is 73.9 Å². The smallest absolute Gasteiger partial charge is 0.106 e. The molecule has 1 aromatic rings. The molecule has 0 heterocycles. The average molecular weight is 170 g/mol. The van der Waals surface area contributed by atoms with E-state index in [1.165, 1.54) is 0 Å². The van der Waals surface area contributed by atoms with Crippen LogP contribution in [0.3, 0.4) is 0 Å². The van der Waals surface area contributed by atoms with Crippen LogP contribution in [0.15, 0.2) is 35.2 Å². The van der Waals surface area contributed by atoms with Gasteiger partial charge in [-0.15, -0.1) is 12.6 Å². The van der Waals surface area contributed by atoms with E-state index in [0.717, 1.165) is 4.90 Å². The van der Waals surface area contributed by atoms with Gasteiger partial charge in [-0.2, -0.15) is 0 Å². The van der Waals surface area contributed by atoms with Gasteiger partial charge in [-0.25, -0.2) is 0 Å². The van der Waals surface area contributed by atoms with Crippen molar-refractivity contribution in [3.05, 3.63) is 30.3 Å². The second-order valence-electron chi connectivity index (χ2n) is 1.34. The van der Waals surface area contributed by atoms with Gasteiger partial charge in [-0.3, -0.25) is 0 Å². The van der Waals surface area contributed by atoms with E-state index in [4.69, 9.17) is 4.79 Å². The molecule has 0 spiro atoms. The van der Waals surface area contributed by atoms with E-state index < -0.39 is 0 Å². The SMILES string of the molecule is C=O.CC.Sc1ccccc1. The van der Waals surface area contributed by atoms with Crippen LogP contribution in [0.4, 0.5) is 0 Å². The summed E-state index contributed by atoms with van der Waals surface area (Å²) in [7, 11) is 0. The van der Waals surface area contributed by atoms with Gasteiger partial charge in [0.25, 0.3) is 0 Å². The Balaban J connectivity index is 0. The Bertz CT molecular complexity index is 151. The maximum atomic E-state index is 8.00. The van der Waals surface area contributed by atoms with Gasteiger partial charge in [0.05, 0.1) is 0 Å². The average Bonchev–Trinajstić information content (AvgIpc) is 2.13. The molecule has 0 saturated heterocycles. The molecule has 0 aromatic heterocycles. The summed E-state index contributed by atoms with van der Waals surface area (Å²) < 4.78 is 0. The Morgan fingerprint density at radius 1 is 1.09 bits per heavy atom. The molecule has 0 N–H and O–H groups in total. The molecule has 62 valence electrons. The zero-order valence-corrected chi connectivity index (χ0v) is 7.84. The highest BCUT2D eigenvalue weighted by Gasteiger charge is 1.73. The number of carbonyl (C=O) groups is 1. The van der Waals surface area contributed by atoms with Crippen molar-refractivity contribution in [3.8, 4) is 0 Å². The predicted molar refractivity (Wildman–Crippen MR) is 52.2 cm³/mol.